The quantitative estimate of drug-likeness (QED) is 0.795. The van der Waals surface area contributed by atoms with Gasteiger partial charge in [-0.15, -0.1) is 0 Å². The topological polar surface area (TPSA) is 61.4 Å². The molecule has 0 saturated heterocycles. The predicted molar refractivity (Wildman–Crippen MR) is 96.3 cm³/mol. The minimum absolute atomic E-state index is 0.138. The standard InChI is InChI=1S/C18H25N5O/c1-22(2)13-11-21-18(24)17-14-16(6-10-20-17)23(3)12-7-15-4-8-19-9-5-15/h4-6,8-10,14H,7,11-13H2,1-3H3,(H,21,24). The van der Waals surface area contributed by atoms with Gasteiger partial charge in [-0.3, -0.25) is 14.8 Å². The number of carbonyl (C=O) groups is 1. The summed E-state index contributed by atoms with van der Waals surface area (Å²) < 4.78 is 0. The number of pyridine rings is 2. The summed E-state index contributed by atoms with van der Waals surface area (Å²) in [5, 5.41) is 2.89. The van der Waals surface area contributed by atoms with Crippen LogP contribution < -0.4 is 10.2 Å². The molecule has 0 radical (unpaired) electrons. The number of nitrogens with zero attached hydrogens (tertiary/aromatic N) is 4. The van der Waals surface area contributed by atoms with E-state index in [0.717, 1.165) is 25.2 Å². The summed E-state index contributed by atoms with van der Waals surface area (Å²) in [5.41, 5.74) is 2.67. The lowest BCUT2D eigenvalue weighted by molar-refractivity contribution is 0.0946. The molecule has 2 aromatic heterocycles. The summed E-state index contributed by atoms with van der Waals surface area (Å²) in [6.45, 7) is 2.27. The van der Waals surface area contributed by atoms with Gasteiger partial charge in [0.25, 0.3) is 5.91 Å². The van der Waals surface area contributed by atoms with Crippen molar-refractivity contribution in [1.29, 1.82) is 0 Å². The van der Waals surface area contributed by atoms with Crippen molar-refractivity contribution in [3.05, 3.63) is 54.1 Å². The minimum atomic E-state index is -0.138. The molecular formula is C18H25N5O. The van der Waals surface area contributed by atoms with Gasteiger partial charge < -0.3 is 15.1 Å². The summed E-state index contributed by atoms with van der Waals surface area (Å²) in [6.07, 6.45) is 6.21. The Morgan fingerprint density at radius 2 is 1.83 bits per heavy atom. The van der Waals surface area contributed by atoms with Crippen LogP contribution in [0.15, 0.2) is 42.9 Å². The van der Waals surface area contributed by atoms with Crippen LogP contribution in [0.25, 0.3) is 0 Å². The lowest BCUT2D eigenvalue weighted by atomic mass is 10.2. The summed E-state index contributed by atoms with van der Waals surface area (Å²) >= 11 is 0. The van der Waals surface area contributed by atoms with Gasteiger partial charge in [0.05, 0.1) is 0 Å². The van der Waals surface area contributed by atoms with E-state index >= 15 is 0 Å². The summed E-state index contributed by atoms with van der Waals surface area (Å²) in [4.78, 5) is 24.5. The Morgan fingerprint density at radius 1 is 1.08 bits per heavy atom. The van der Waals surface area contributed by atoms with Crippen molar-refractivity contribution < 1.29 is 4.79 Å². The number of amides is 1. The summed E-state index contributed by atoms with van der Waals surface area (Å²) in [5.74, 6) is -0.138. The van der Waals surface area contributed by atoms with E-state index in [9.17, 15) is 4.79 Å². The van der Waals surface area contributed by atoms with Crippen molar-refractivity contribution in [1.82, 2.24) is 20.2 Å². The van der Waals surface area contributed by atoms with Gasteiger partial charge in [0, 0.05) is 51.0 Å². The predicted octanol–water partition coefficient (Wildman–Crippen LogP) is 1.45. The zero-order valence-electron chi connectivity index (χ0n) is 14.6. The summed E-state index contributed by atoms with van der Waals surface area (Å²) in [7, 11) is 5.97. The van der Waals surface area contributed by atoms with Gasteiger partial charge in [-0.25, -0.2) is 0 Å². The Hall–Kier alpha value is -2.47. The molecule has 0 atom stereocenters. The molecule has 6 nitrogen and oxygen atoms in total. The molecule has 2 rings (SSSR count). The monoisotopic (exact) mass is 327 g/mol. The zero-order chi connectivity index (χ0) is 17.4. The highest BCUT2D eigenvalue weighted by Crippen LogP contribution is 2.13. The van der Waals surface area contributed by atoms with Crippen molar-refractivity contribution in [2.24, 2.45) is 0 Å². The van der Waals surface area contributed by atoms with Crippen LogP contribution in [0.1, 0.15) is 16.1 Å². The molecule has 6 heteroatoms. The first-order valence-corrected chi connectivity index (χ1v) is 8.05. The van der Waals surface area contributed by atoms with E-state index in [-0.39, 0.29) is 5.91 Å². The number of hydrogen-bond donors (Lipinski definition) is 1. The van der Waals surface area contributed by atoms with Crippen LogP contribution in [0.5, 0.6) is 0 Å². The van der Waals surface area contributed by atoms with E-state index in [1.165, 1.54) is 5.56 Å². The van der Waals surface area contributed by atoms with Crippen molar-refractivity contribution in [3.8, 4) is 0 Å². The maximum atomic E-state index is 12.2. The second-order valence-electron chi connectivity index (χ2n) is 5.99. The molecular weight excluding hydrogens is 302 g/mol. The molecule has 24 heavy (non-hydrogen) atoms. The second-order valence-corrected chi connectivity index (χ2v) is 5.99. The maximum absolute atomic E-state index is 12.2. The normalized spacial score (nSPS) is 10.7. The zero-order valence-corrected chi connectivity index (χ0v) is 14.6. The van der Waals surface area contributed by atoms with Gasteiger partial charge in [0.1, 0.15) is 5.69 Å². The smallest absolute Gasteiger partial charge is 0.269 e. The highest BCUT2D eigenvalue weighted by molar-refractivity contribution is 5.93. The average molecular weight is 327 g/mol. The van der Waals surface area contributed by atoms with Gasteiger partial charge in [0.15, 0.2) is 0 Å². The van der Waals surface area contributed by atoms with E-state index in [4.69, 9.17) is 0 Å². The van der Waals surface area contributed by atoms with Crippen LogP contribution in [0.3, 0.4) is 0 Å². The van der Waals surface area contributed by atoms with Crippen LogP contribution in [0.4, 0.5) is 5.69 Å². The van der Waals surface area contributed by atoms with E-state index in [1.807, 2.05) is 50.3 Å². The van der Waals surface area contributed by atoms with Gasteiger partial charge >= 0.3 is 0 Å². The molecule has 0 aromatic carbocycles. The average Bonchev–Trinajstić information content (AvgIpc) is 2.60. The van der Waals surface area contributed by atoms with Crippen molar-refractivity contribution in [2.75, 3.05) is 45.7 Å². The first kappa shape index (κ1) is 17.9. The van der Waals surface area contributed by atoms with Crippen molar-refractivity contribution >= 4 is 11.6 Å². The van der Waals surface area contributed by atoms with E-state index in [0.29, 0.717) is 12.2 Å². The first-order chi connectivity index (χ1) is 11.6. The van der Waals surface area contributed by atoms with Gasteiger partial charge in [-0.1, -0.05) is 0 Å². The molecule has 0 aliphatic carbocycles. The molecule has 2 heterocycles. The van der Waals surface area contributed by atoms with Crippen LogP contribution in [-0.2, 0) is 6.42 Å². The van der Waals surface area contributed by atoms with Crippen LogP contribution >= 0.6 is 0 Å². The lowest BCUT2D eigenvalue weighted by Crippen LogP contribution is -2.32. The Bertz CT molecular complexity index is 645. The molecule has 1 amide bonds. The SMILES string of the molecule is CN(C)CCNC(=O)c1cc(N(C)CCc2ccncc2)ccn1. The highest BCUT2D eigenvalue weighted by atomic mass is 16.1. The molecule has 128 valence electrons. The molecule has 0 aliphatic heterocycles. The third-order valence-corrected chi connectivity index (χ3v) is 3.75. The molecule has 1 N–H and O–H groups in total. The van der Waals surface area contributed by atoms with E-state index in [2.05, 4.69) is 20.2 Å². The Morgan fingerprint density at radius 3 is 2.54 bits per heavy atom. The lowest BCUT2D eigenvalue weighted by Gasteiger charge is -2.19. The fourth-order valence-electron chi connectivity index (χ4n) is 2.24. The molecule has 0 spiro atoms. The number of likely N-dealkylation sites (N-methyl/N-ethyl adjacent to an activating group) is 2. The van der Waals surface area contributed by atoms with Crippen molar-refractivity contribution in [2.45, 2.75) is 6.42 Å². The molecule has 0 unspecified atom stereocenters. The number of rotatable bonds is 8. The Labute approximate surface area is 143 Å². The molecule has 0 fully saturated rings. The third-order valence-electron chi connectivity index (χ3n) is 3.75. The number of nitrogens with one attached hydrogen (secondary N) is 1. The fraction of sp³-hybridized carbons (Fsp3) is 0.389. The molecule has 2 aromatic rings. The van der Waals surface area contributed by atoms with Gasteiger partial charge in [-0.2, -0.15) is 0 Å². The third kappa shape index (κ3) is 5.62. The number of hydrogen-bond acceptors (Lipinski definition) is 5. The molecule has 0 bridgehead atoms. The van der Waals surface area contributed by atoms with Crippen LogP contribution in [0, 0.1) is 0 Å². The maximum Gasteiger partial charge on any atom is 0.269 e. The van der Waals surface area contributed by atoms with E-state index in [1.54, 1.807) is 18.6 Å². The van der Waals surface area contributed by atoms with Gasteiger partial charge in [-0.05, 0) is 50.3 Å². The fourth-order valence-corrected chi connectivity index (χ4v) is 2.24. The Balaban J connectivity index is 1.92. The first-order valence-electron chi connectivity index (χ1n) is 8.05. The van der Waals surface area contributed by atoms with Gasteiger partial charge in [0.2, 0.25) is 0 Å². The highest BCUT2D eigenvalue weighted by Gasteiger charge is 2.09. The number of anilines is 1. The minimum Gasteiger partial charge on any atom is -0.374 e. The second kappa shape index (κ2) is 8.98. The van der Waals surface area contributed by atoms with Crippen LogP contribution in [0.2, 0.25) is 0 Å². The van der Waals surface area contributed by atoms with Crippen molar-refractivity contribution in [3.63, 3.8) is 0 Å². The van der Waals surface area contributed by atoms with Crippen LogP contribution in [-0.4, -0.2) is 61.6 Å². The molecule has 0 saturated carbocycles. The largest absolute Gasteiger partial charge is 0.374 e. The number of aromatic nitrogens is 2. The summed E-state index contributed by atoms with van der Waals surface area (Å²) in [6, 6.07) is 7.79. The Kier molecular flexibility index (Phi) is 6.69. The molecule has 0 aliphatic rings. The number of carbonyl (C=O) groups excluding carboxylic acids is 1. The van der Waals surface area contributed by atoms with E-state index < -0.39 is 0 Å².